The Morgan fingerprint density at radius 1 is 1.19 bits per heavy atom. The summed E-state index contributed by atoms with van der Waals surface area (Å²) in [5.41, 5.74) is 2.12. The number of nitrogens with one attached hydrogen (secondary N) is 3. The molecule has 1 amide bonds. The molecule has 0 aliphatic carbocycles. The van der Waals surface area contributed by atoms with Crippen molar-refractivity contribution in [2.24, 2.45) is 0 Å². The minimum Gasteiger partial charge on any atom is -0.361 e. The van der Waals surface area contributed by atoms with Crippen molar-refractivity contribution in [2.75, 3.05) is 6.54 Å². The Kier molecular flexibility index (Phi) is 3.51. The van der Waals surface area contributed by atoms with E-state index in [1.165, 1.54) is 12.1 Å². The van der Waals surface area contributed by atoms with Crippen molar-refractivity contribution >= 4 is 16.8 Å². The Bertz CT molecular complexity index is 814. The van der Waals surface area contributed by atoms with Gasteiger partial charge in [-0.2, -0.15) is 5.10 Å². The van der Waals surface area contributed by atoms with E-state index in [-0.39, 0.29) is 17.2 Å². The molecule has 3 N–H and O–H groups in total. The maximum absolute atomic E-state index is 11.8. The van der Waals surface area contributed by atoms with E-state index in [2.05, 4.69) is 26.6 Å². The van der Waals surface area contributed by atoms with Crippen molar-refractivity contribution in [3.63, 3.8) is 0 Å². The van der Waals surface area contributed by atoms with Gasteiger partial charge in [-0.25, -0.2) is 5.10 Å². The zero-order valence-corrected chi connectivity index (χ0v) is 11.2. The third-order valence-electron chi connectivity index (χ3n) is 3.23. The normalized spacial score (nSPS) is 10.7. The summed E-state index contributed by atoms with van der Waals surface area (Å²) < 4.78 is 0. The second-order valence-corrected chi connectivity index (χ2v) is 4.71. The van der Waals surface area contributed by atoms with Crippen LogP contribution < -0.4 is 10.9 Å². The number of hydrogen-bond donors (Lipinski definition) is 3. The van der Waals surface area contributed by atoms with Crippen LogP contribution in [0.5, 0.6) is 0 Å². The summed E-state index contributed by atoms with van der Waals surface area (Å²) in [5.74, 6) is -0.297. The number of carbonyl (C=O) groups is 1. The van der Waals surface area contributed by atoms with Crippen LogP contribution in [0.15, 0.2) is 47.4 Å². The van der Waals surface area contributed by atoms with Gasteiger partial charge in [0.2, 0.25) is 0 Å². The molecule has 6 heteroatoms. The minimum absolute atomic E-state index is 0.204. The molecule has 2 heterocycles. The molecule has 21 heavy (non-hydrogen) atoms. The number of amides is 1. The molecule has 0 bridgehead atoms. The number of H-pyrrole nitrogens is 2. The van der Waals surface area contributed by atoms with Gasteiger partial charge in [-0.15, -0.1) is 0 Å². The Hall–Kier alpha value is -2.89. The Morgan fingerprint density at radius 2 is 2.10 bits per heavy atom. The summed E-state index contributed by atoms with van der Waals surface area (Å²) in [6.45, 7) is 0.509. The highest BCUT2D eigenvalue weighted by Crippen LogP contribution is 2.14. The van der Waals surface area contributed by atoms with Gasteiger partial charge >= 0.3 is 0 Å². The second-order valence-electron chi connectivity index (χ2n) is 4.71. The largest absolute Gasteiger partial charge is 0.361 e. The number of hydrogen-bond acceptors (Lipinski definition) is 3. The van der Waals surface area contributed by atoms with Gasteiger partial charge in [-0.1, -0.05) is 6.07 Å². The first-order valence-corrected chi connectivity index (χ1v) is 6.62. The monoisotopic (exact) mass is 282 g/mol. The standard InChI is InChI=1S/C15H14N4O2/c20-14-4-3-13(18-19-14)15(21)17-7-5-10-1-2-12-11(9-10)6-8-16-12/h1-4,6,8-9,16H,5,7H2,(H,17,21)(H,19,20). The van der Waals surface area contributed by atoms with Crippen LogP contribution in [0.1, 0.15) is 16.1 Å². The van der Waals surface area contributed by atoms with Crippen LogP contribution in [0.2, 0.25) is 0 Å². The van der Waals surface area contributed by atoms with Crippen LogP contribution in [-0.4, -0.2) is 27.6 Å². The maximum atomic E-state index is 11.8. The van der Waals surface area contributed by atoms with Crippen molar-refractivity contribution in [1.29, 1.82) is 0 Å². The molecule has 0 aliphatic heterocycles. The van der Waals surface area contributed by atoms with E-state index in [0.717, 1.165) is 22.9 Å². The number of aromatic amines is 2. The molecule has 0 radical (unpaired) electrons. The van der Waals surface area contributed by atoms with Crippen LogP contribution in [-0.2, 0) is 6.42 Å². The fraction of sp³-hybridized carbons (Fsp3) is 0.133. The molecule has 0 aliphatic rings. The summed E-state index contributed by atoms with van der Waals surface area (Å²) in [6, 6.07) is 10.8. The number of nitrogens with zero attached hydrogens (tertiary/aromatic N) is 1. The molecule has 0 unspecified atom stereocenters. The number of aromatic nitrogens is 3. The second kappa shape index (κ2) is 5.62. The average molecular weight is 282 g/mol. The van der Waals surface area contributed by atoms with Gasteiger partial charge in [0, 0.05) is 24.3 Å². The predicted octanol–water partition coefficient (Wildman–Crippen LogP) is 1.22. The van der Waals surface area contributed by atoms with Crippen LogP contribution in [0.4, 0.5) is 0 Å². The maximum Gasteiger partial charge on any atom is 0.271 e. The lowest BCUT2D eigenvalue weighted by Crippen LogP contribution is -2.27. The summed E-state index contributed by atoms with van der Waals surface area (Å²) in [7, 11) is 0. The van der Waals surface area contributed by atoms with E-state index >= 15 is 0 Å². The molecule has 3 aromatic rings. The van der Waals surface area contributed by atoms with Gasteiger partial charge < -0.3 is 10.3 Å². The van der Waals surface area contributed by atoms with Gasteiger partial charge in [-0.05, 0) is 41.6 Å². The van der Waals surface area contributed by atoms with Crippen molar-refractivity contribution in [3.05, 3.63) is 64.2 Å². The Balaban J connectivity index is 1.59. The molecule has 106 valence electrons. The first-order valence-electron chi connectivity index (χ1n) is 6.62. The SMILES string of the molecule is O=C(NCCc1ccc2[nH]ccc2c1)c1ccc(=O)[nH]n1. The summed E-state index contributed by atoms with van der Waals surface area (Å²) >= 11 is 0. The van der Waals surface area contributed by atoms with E-state index in [1.54, 1.807) is 0 Å². The number of benzene rings is 1. The molecule has 3 rings (SSSR count). The van der Waals surface area contributed by atoms with Gasteiger partial charge in [0.15, 0.2) is 0 Å². The lowest BCUT2D eigenvalue weighted by Gasteiger charge is -2.05. The van der Waals surface area contributed by atoms with Crippen LogP contribution >= 0.6 is 0 Å². The fourth-order valence-corrected chi connectivity index (χ4v) is 2.14. The molecule has 2 aromatic heterocycles. The van der Waals surface area contributed by atoms with Crippen LogP contribution in [0.25, 0.3) is 10.9 Å². The van der Waals surface area contributed by atoms with Gasteiger partial charge in [-0.3, -0.25) is 9.59 Å². The smallest absolute Gasteiger partial charge is 0.271 e. The molecule has 0 fully saturated rings. The predicted molar refractivity (Wildman–Crippen MR) is 79.2 cm³/mol. The summed E-state index contributed by atoms with van der Waals surface area (Å²) in [5, 5.41) is 9.85. The number of rotatable bonds is 4. The molecular weight excluding hydrogens is 268 g/mol. The van der Waals surface area contributed by atoms with E-state index in [9.17, 15) is 9.59 Å². The van der Waals surface area contributed by atoms with Crippen molar-refractivity contribution in [2.45, 2.75) is 6.42 Å². The Labute approximate surface area is 120 Å². The summed E-state index contributed by atoms with van der Waals surface area (Å²) in [4.78, 5) is 25.8. The van der Waals surface area contributed by atoms with Crippen LogP contribution in [0, 0.1) is 0 Å². The Morgan fingerprint density at radius 3 is 2.90 bits per heavy atom. The third kappa shape index (κ3) is 3.00. The highest BCUT2D eigenvalue weighted by atomic mass is 16.2. The zero-order chi connectivity index (χ0) is 14.7. The van der Waals surface area contributed by atoms with E-state index in [1.807, 2.05) is 24.4 Å². The number of carbonyl (C=O) groups excluding carboxylic acids is 1. The summed E-state index contributed by atoms with van der Waals surface area (Å²) in [6.07, 6.45) is 2.63. The lowest BCUT2D eigenvalue weighted by molar-refractivity contribution is 0.0948. The number of fused-ring (bicyclic) bond motifs is 1. The van der Waals surface area contributed by atoms with E-state index in [0.29, 0.717) is 6.54 Å². The molecule has 6 nitrogen and oxygen atoms in total. The van der Waals surface area contributed by atoms with E-state index < -0.39 is 0 Å². The zero-order valence-electron chi connectivity index (χ0n) is 11.2. The fourth-order valence-electron chi connectivity index (χ4n) is 2.14. The van der Waals surface area contributed by atoms with Gasteiger partial charge in [0.25, 0.3) is 11.5 Å². The first kappa shape index (κ1) is 13.1. The van der Waals surface area contributed by atoms with Gasteiger partial charge in [0.05, 0.1) is 0 Å². The highest BCUT2D eigenvalue weighted by Gasteiger charge is 2.06. The highest BCUT2D eigenvalue weighted by molar-refractivity contribution is 5.91. The molecule has 0 spiro atoms. The van der Waals surface area contributed by atoms with Crippen molar-refractivity contribution < 1.29 is 4.79 Å². The molecule has 1 aromatic carbocycles. The van der Waals surface area contributed by atoms with Crippen LogP contribution in [0.3, 0.4) is 0 Å². The molecular formula is C15H14N4O2. The molecule has 0 saturated heterocycles. The quantitative estimate of drug-likeness (QED) is 0.672. The third-order valence-corrected chi connectivity index (χ3v) is 3.23. The average Bonchev–Trinajstić information content (AvgIpc) is 2.95. The molecule has 0 saturated carbocycles. The van der Waals surface area contributed by atoms with E-state index in [4.69, 9.17) is 0 Å². The van der Waals surface area contributed by atoms with Gasteiger partial charge in [0.1, 0.15) is 5.69 Å². The molecule has 0 atom stereocenters. The van der Waals surface area contributed by atoms with Crippen molar-refractivity contribution in [3.8, 4) is 0 Å². The van der Waals surface area contributed by atoms with Crippen molar-refractivity contribution in [1.82, 2.24) is 20.5 Å². The lowest BCUT2D eigenvalue weighted by atomic mass is 10.1. The topological polar surface area (TPSA) is 90.6 Å². The minimum atomic E-state index is -0.327. The first-order chi connectivity index (χ1) is 10.2.